The summed E-state index contributed by atoms with van der Waals surface area (Å²) in [4.78, 5) is 11.6. The SMILES string of the molecule is CCCCCCCCOCCCC(=O)OCCCCCCCCBr. The van der Waals surface area contributed by atoms with Crippen LogP contribution in [-0.2, 0) is 14.3 Å². The van der Waals surface area contributed by atoms with E-state index in [1.165, 1.54) is 57.8 Å². The summed E-state index contributed by atoms with van der Waals surface area (Å²) in [5.74, 6) is -0.0718. The van der Waals surface area contributed by atoms with E-state index >= 15 is 0 Å². The largest absolute Gasteiger partial charge is 0.466 e. The molecular weight excluding hydrogens is 368 g/mol. The molecule has 0 spiro atoms. The van der Waals surface area contributed by atoms with Crippen LogP contribution in [0.25, 0.3) is 0 Å². The Kier molecular flexibility index (Phi) is 20.9. The van der Waals surface area contributed by atoms with E-state index in [0.29, 0.717) is 19.6 Å². The van der Waals surface area contributed by atoms with Crippen molar-refractivity contribution in [2.45, 2.75) is 96.8 Å². The quantitative estimate of drug-likeness (QED) is 0.141. The van der Waals surface area contributed by atoms with Crippen LogP contribution in [-0.4, -0.2) is 31.1 Å². The van der Waals surface area contributed by atoms with Crippen LogP contribution < -0.4 is 0 Å². The molecule has 0 aromatic heterocycles. The van der Waals surface area contributed by atoms with Crippen molar-refractivity contribution in [3.63, 3.8) is 0 Å². The van der Waals surface area contributed by atoms with Gasteiger partial charge in [-0.2, -0.15) is 0 Å². The number of esters is 1. The first-order chi connectivity index (χ1) is 11.8. The molecule has 3 nitrogen and oxygen atoms in total. The first kappa shape index (κ1) is 23.9. The Morgan fingerprint density at radius 2 is 1.25 bits per heavy atom. The number of hydrogen-bond donors (Lipinski definition) is 0. The molecule has 24 heavy (non-hydrogen) atoms. The minimum Gasteiger partial charge on any atom is -0.466 e. The van der Waals surface area contributed by atoms with Crippen molar-refractivity contribution in [2.75, 3.05) is 25.2 Å². The smallest absolute Gasteiger partial charge is 0.305 e. The lowest BCUT2D eigenvalue weighted by atomic mass is 10.1. The Morgan fingerprint density at radius 3 is 1.92 bits per heavy atom. The van der Waals surface area contributed by atoms with Gasteiger partial charge in [-0.25, -0.2) is 0 Å². The summed E-state index contributed by atoms with van der Waals surface area (Å²) >= 11 is 3.44. The number of halogens is 1. The van der Waals surface area contributed by atoms with Crippen LogP contribution >= 0.6 is 15.9 Å². The summed E-state index contributed by atoms with van der Waals surface area (Å²) < 4.78 is 10.8. The molecule has 0 atom stereocenters. The van der Waals surface area contributed by atoms with Gasteiger partial charge in [-0.15, -0.1) is 0 Å². The zero-order valence-corrected chi connectivity index (χ0v) is 17.4. The molecule has 0 amide bonds. The van der Waals surface area contributed by atoms with Gasteiger partial charge in [0.2, 0.25) is 0 Å². The first-order valence-electron chi connectivity index (χ1n) is 10.1. The maximum absolute atomic E-state index is 11.6. The van der Waals surface area contributed by atoms with Crippen molar-refractivity contribution in [3.8, 4) is 0 Å². The Hall–Kier alpha value is -0.0900. The van der Waals surface area contributed by atoms with Crippen molar-refractivity contribution in [2.24, 2.45) is 0 Å². The van der Waals surface area contributed by atoms with Gasteiger partial charge in [0.15, 0.2) is 0 Å². The molecule has 144 valence electrons. The van der Waals surface area contributed by atoms with Gasteiger partial charge < -0.3 is 9.47 Å². The molecule has 4 heteroatoms. The molecule has 0 rings (SSSR count). The molecule has 0 heterocycles. The highest BCUT2D eigenvalue weighted by Crippen LogP contribution is 2.07. The van der Waals surface area contributed by atoms with E-state index in [4.69, 9.17) is 9.47 Å². The molecule has 0 saturated heterocycles. The van der Waals surface area contributed by atoms with Gasteiger partial charge in [-0.3, -0.25) is 4.79 Å². The highest BCUT2D eigenvalue weighted by molar-refractivity contribution is 9.09. The molecule has 0 fully saturated rings. The molecule has 0 radical (unpaired) electrons. The standard InChI is InChI=1S/C20H39BrO3/c1-2-3-4-5-9-12-17-23-18-14-15-20(22)24-19-13-10-7-6-8-11-16-21/h2-19H2,1H3. The normalized spacial score (nSPS) is 10.9. The average Bonchev–Trinajstić information content (AvgIpc) is 2.59. The Balaban J connectivity index is 3.13. The molecule has 0 aromatic rings. The highest BCUT2D eigenvalue weighted by atomic mass is 79.9. The van der Waals surface area contributed by atoms with Gasteiger partial charge in [0.05, 0.1) is 6.61 Å². The maximum Gasteiger partial charge on any atom is 0.305 e. The predicted molar refractivity (Wildman–Crippen MR) is 106 cm³/mol. The molecular formula is C20H39BrO3. The number of ether oxygens (including phenoxy) is 2. The lowest BCUT2D eigenvalue weighted by molar-refractivity contribution is -0.144. The van der Waals surface area contributed by atoms with Crippen LogP contribution in [0.1, 0.15) is 96.8 Å². The fourth-order valence-corrected chi connectivity index (χ4v) is 2.96. The summed E-state index contributed by atoms with van der Waals surface area (Å²) in [5.41, 5.74) is 0. The van der Waals surface area contributed by atoms with Crippen LogP contribution in [0.2, 0.25) is 0 Å². The van der Waals surface area contributed by atoms with Gasteiger partial charge in [-0.1, -0.05) is 80.6 Å². The molecule has 0 bridgehead atoms. The van der Waals surface area contributed by atoms with Crippen LogP contribution in [0.15, 0.2) is 0 Å². The van der Waals surface area contributed by atoms with Crippen LogP contribution in [0.4, 0.5) is 0 Å². The van der Waals surface area contributed by atoms with Gasteiger partial charge >= 0.3 is 5.97 Å². The molecule has 0 aliphatic carbocycles. The Labute approximate surface area is 158 Å². The fraction of sp³-hybridized carbons (Fsp3) is 0.950. The van der Waals surface area contributed by atoms with Crippen molar-refractivity contribution in [1.29, 1.82) is 0 Å². The second-order valence-corrected chi connectivity index (χ2v) is 7.31. The summed E-state index contributed by atoms with van der Waals surface area (Å²) in [5, 5.41) is 1.10. The van der Waals surface area contributed by atoms with E-state index in [1.54, 1.807) is 0 Å². The Bertz CT molecular complexity index is 259. The number of carbonyl (C=O) groups is 1. The lowest BCUT2D eigenvalue weighted by Crippen LogP contribution is -2.07. The van der Waals surface area contributed by atoms with Gasteiger partial charge in [0.1, 0.15) is 0 Å². The predicted octanol–water partition coefficient (Wildman–Crippen LogP) is 6.42. The Morgan fingerprint density at radius 1 is 0.708 bits per heavy atom. The third-order valence-corrected chi connectivity index (χ3v) is 4.66. The van der Waals surface area contributed by atoms with E-state index in [2.05, 4.69) is 22.9 Å². The third kappa shape index (κ3) is 20.0. The second-order valence-electron chi connectivity index (χ2n) is 6.51. The zero-order valence-electron chi connectivity index (χ0n) is 15.8. The minimum absolute atomic E-state index is 0.0718. The second kappa shape index (κ2) is 21.0. The molecule has 0 aliphatic heterocycles. The molecule has 0 aliphatic rings. The molecule has 0 N–H and O–H groups in total. The van der Waals surface area contributed by atoms with E-state index in [1.807, 2.05) is 0 Å². The van der Waals surface area contributed by atoms with E-state index in [0.717, 1.165) is 37.6 Å². The number of hydrogen-bond acceptors (Lipinski definition) is 3. The maximum atomic E-state index is 11.6. The molecule has 0 unspecified atom stereocenters. The summed E-state index contributed by atoms with van der Waals surface area (Å²) in [6.07, 6.45) is 16.2. The van der Waals surface area contributed by atoms with Crippen molar-refractivity contribution >= 4 is 21.9 Å². The van der Waals surface area contributed by atoms with E-state index in [9.17, 15) is 4.79 Å². The topological polar surface area (TPSA) is 35.5 Å². The van der Waals surface area contributed by atoms with Crippen molar-refractivity contribution < 1.29 is 14.3 Å². The summed E-state index contributed by atoms with van der Waals surface area (Å²) in [7, 11) is 0. The molecule has 0 aromatic carbocycles. The van der Waals surface area contributed by atoms with Gasteiger partial charge in [-0.05, 0) is 25.7 Å². The monoisotopic (exact) mass is 406 g/mol. The summed E-state index contributed by atoms with van der Waals surface area (Å²) in [6, 6.07) is 0. The summed E-state index contributed by atoms with van der Waals surface area (Å²) in [6.45, 7) is 4.32. The lowest BCUT2D eigenvalue weighted by Gasteiger charge is -2.06. The van der Waals surface area contributed by atoms with E-state index < -0.39 is 0 Å². The number of unbranched alkanes of at least 4 members (excludes halogenated alkanes) is 10. The van der Waals surface area contributed by atoms with Crippen LogP contribution in [0.5, 0.6) is 0 Å². The number of rotatable bonds is 19. The van der Waals surface area contributed by atoms with Crippen LogP contribution in [0, 0.1) is 0 Å². The minimum atomic E-state index is -0.0718. The van der Waals surface area contributed by atoms with Gasteiger partial charge in [0, 0.05) is 25.0 Å². The number of carbonyl (C=O) groups excluding carboxylic acids is 1. The highest BCUT2D eigenvalue weighted by Gasteiger charge is 2.02. The van der Waals surface area contributed by atoms with Crippen molar-refractivity contribution in [1.82, 2.24) is 0 Å². The first-order valence-corrected chi connectivity index (χ1v) is 11.2. The number of alkyl halides is 1. The van der Waals surface area contributed by atoms with Crippen LogP contribution in [0.3, 0.4) is 0 Å². The average molecular weight is 407 g/mol. The van der Waals surface area contributed by atoms with Gasteiger partial charge in [0.25, 0.3) is 0 Å². The zero-order chi connectivity index (χ0) is 17.7. The van der Waals surface area contributed by atoms with E-state index in [-0.39, 0.29) is 5.97 Å². The fourth-order valence-electron chi connectivity index (χ4n) is 2.57. The van der Waals surface area contributed by atoms with Crippen molar-refractivity contribution in [3.05, 3.63) is 0 Å². The molecule has 0 saturated carbocycles. The third-order valence-electron chi connectivity index (χ3n) is 4.10.